The number of aromatic nitrogens is 1. The Hall–Kier alpha value is -5.35. The van der Waals surface area contributed by atoms with Crippen LogP contribution in [-0.4, -0.2) is 78.5 Å². The molecule has 1 fully saturated rings. The minimum absolute atomic E-state index is 0.00838. The van der Waals surface area contributed by atoms with Gasteiger partial charge >= 0.3 is 6.09 Å². The molecule has 3 aliphatic carbocycles. The van der Waals surface area contributed by atoms with Crippen LogP contribution < -0.4 is 19.7 Å². The van der Waals surface area contributed by atoms with Gasteiger partial charge in [0.05, 0.1) is 17.3 Å². The topological polar surface area (TPSA) is 153 Å². The van der Waals surface area contributed by atoms with Gasteiger partial charge in [-0.1, -0.05) is 81.4 Å². The smallest absolute Gasteiger partial charge is 0.415 e. The number of halogens is 1. The van der Waals surface area contributed by atoms with Crippen molar-refractivity contribution in [3.63, 3.8) is 0 Å². The van der Waals surface area contributed by atoms with Crippen LogP contribution in [0.15, 0.2) is 70.8 Å². The van der Waals surface area contributed by atoms with E-state index in [1.807, 2.05) is 127 Å². The first-order valence-electron chi connectivity index (χ1n) is 22.7. The fourth-order valence-corrected chi connectivity index (χ4v) is 11.2. The Balaban J connectivity index is 1.37. The fourth-order valence-electron chi connectivity index (χ4n) is 9.72. The number of aliphatic hydroxyl groups excluding tert-OH is 1. The van der Waals surface area contributed by atoms with Crippen molar-refractivity contribution in [3.8, 4) is 11.6 Å². The Kier molecular flexibility index (Phi) is 12.0. The summed E-state index contributed by atoms with van der Waals surface area (Å²) >= 11 is 0. The lowest BCUT2D eigenvalue weighted by molar-refractivity contribution is -0.140. The molecule has 0 bridgehead atoms. The van der Waals surface area contributed by atoms with Gasteiger partial charge in [0.2, 0.25) is 11.6 Å². The number of hydrogen-bond donors (Lipinski definition) is 2. The van der Waals surface area contributed by atoms with E-state index in [1.165, 1.54) is 4.90 Å². The second-order valence-electron chi connectivity index (χ2n) is 21.6. The molecule has 1 saturated carbocycles. The predicted octanol–water partition coefficient (Wildman–Crippen LogP) is 9.89. The van der Waals surface area contributed by atoms with Crippen molar-refractivity contribution in [3.05, 3.63) is 111 Å². The van der Waals surface area contributed by atoms with Crippen molar-refractivity contribution in [2.24, 2.45) is 11.8 Å². The van der Waals surface area contributed by atoms with Crippen molar-refractivity contribution >= 4 is 37.4 Å². The number of nitrogens with one attached hydrogen (secondary N) is 1. The third kappa shape index (κ3) is 8.15. The molecule has 4 aliphatic rings. The van der Waals surface area contributed by atoms with E-state index in [-0.39, 0.29) is 90.0 Å². The van der Waals surface area contributed by atoms with Crippen LogP contribution in [0.2, 0.25) is 18.1 Å². The van der Waals surface area contributed by atoms with Gasteiger partial charge in [0.25, 0.3) is 5.88 Å². The highest BCUT2D eigenvalue weighted by atomic mass is 28.4. The van der Waals surface area contributed by atoms with Crippen molar-refractivity contribution in [2.45, 2.75) is 129 Å². The molecule has 15 heteroatoms. The molecule has 0 saturated heterocycles. The largest absolute Gasteiger partial charge is 0.507 e. The molecule has 0 radical (unpaired) electrons. The van der Waals surface area contributed by atoms with Gasteiger partial charge in [-0.25, -0.2) is 9.18 Å². The summed E-state index contributed by atoms with van der Waals surface area (Å²) in [7, 11) is 0.629. The summed E-state index contributed by atoms with van der Waals surface area (Å²) in [6.07, 6.45) is -0.617. The number of hydrogen-bond acceptors (Lipinski definition) is 12. The molecule has 8 rings (SSSR count). The molecule has 352 valence electrons. The second kappa shape index (κ2) is 16.8. The van der Waals surface area contributed by atoms with Crippen LogP contribution in [0.3, 0.4) is 0 Å². The maximum Gasteiger partial charge on any atom is 0.415 e. The Morgan fingerprint density at radius 3 is 2.12 bits per heavy atom. The average molecular weight is 923 g/mol. The Morgan fingerprint density at radius 2 is 1.55 bits per heavy atom. The van der Waals surface area contributed by atoms with Crippen molar-refractivity contribution in [1.29, 1.82) is 0 Å². The molecule has 13 nitrogen and oxygen atoms in total. The number of anilines is 1. The molecule has 1 amide bonds. The van der Waals surface area contributed by atoms with E-state index in [0.29, 0.717) is 0 Å². The molecule has 3 aromatic carbocycles. The van der Waals surface area contributed by atoms with Crippen LogP contribution in [0.5, 0.6) is 11.6 Å². The number of amides is 1. The van der Waals surface area contributed by atoms with Gasteiger partial charge in [-0.05, 0) is 102 Å². The third-order valence-electron chi connectivity index (χ3n) is 13.9. The van der Waals surface area contributed by atoms with Gasteiger partial charge in [-0.2, -0.15) is 0 Å². The summed E-state index contributed by atoms with van der Waals surface area (Å²) in [5.74, 6) is -3.96. The van der Waals surface area contributed by atoms with E-state index in [4.69, 9.17) is 23.2 Å². The van der Waals surface area contributed by atoms with E-state index in [2.05, 4.69) is 10.5 Å². The second-order valence-corrected chi connectivity index (χ2v) is 26.3. The van der Waals surface area contributed by atoms with Gasteiger partial charge < -0.3 is 33.6 Å². The van der Waals surface area contributed by atoms with E-state index in [1.54, 1.807) is 20.8 Å². The third-order valence-corrected chi connectivity index (χ3v) is 18.3. The number of rotatable bonds is 9. The average Bonchev–Trinajstić information content (AvgIpc) is 3.58. The number of ketones is 2. The van der Waals surface area contributed by atoms with Gasteiger partial charge in [0.1, 0.15) is 36.0 Å². The van der Waals surface area contributed by atoms with Crippen molar-refractivity contribution in [1.82, 2.24) is 15.4 Å². The van der Waals surface area contributed by atoms with Crippen LogP contribution >= 0.6 is 0 Å². The van der Waals surface area contributed by atoms with Gasteiger partial charge in [-0.15, -0.1) is 0 Å². The Morgan fingerprint density at radius 1 is 0.939 bits per heavy atom. The summed E-state index contributed by atoms with van der Waals surface area (Å²) in [4.78, 5) is 49.6. The summed E-state index contributed by atoms with van der Waals surface area (Å²) in [6.45, 7) is 19.3. The highest BCUT2D eigenvalue weighted by Crippen LogP contribution is 2.60. The first kappa shape index (κ1) is 47.2. The number of nitrogens with zero attached hydrogens (tertiary/aromatic N) is 3. The lowest BCUT2D eigenvalue weighted by atomic mass is 9.57. The first-order valence-corrected chi connectivity index (χ1v) is 25.6. The molecular weight excluding hydrogens is 860 g/mol. The quantitative estimate of drug-likeness (QED) is 0.121. The summed E-state index contributed by atoms with van der Waals surface area (Å²) in [6, 6.07) is 18.1. The summed E-state index contributed by atoms with van der Waals surface area (Å²) in [5.41, 5.74) is -1.92. The molecule has 1 aliphatic heterocycles. The maximum absolute atomic E-state index is 17.8. The SMILES string of the molecule is CN(C)[C@@H]1c2onc(OCc3ccccc3)c2C(=O)[C@@]2(O[Si](C)(C)C(C)(C)C)C(=O)C3=C(O)c4c(c(F)c5c(c4OCc4ccccc4)N(C(=O)OC(C)(C)C)CC(C)(C)NC5)C[C@H]3C[C@@H]12. The summed E-state index contributed by atoms with van der Waals surface area (Å²) < 4.78 is 50.1. The van der Waals surface area contributed by atoms with E-state index in [9.17, 15) is 9.90 Å². The molecular formula is C51H63FN4O9Si. The van der Waals surface area contributed by atoms with Crippen LogP contribution in [0.1, 0.15) is 112 Å². The van der Waals surface area contributed by atoms with Gasteiger partial charge in [-0.3, -0.25) is 19.4 Å². The minimum atomic E-state index is -3.05. The number of aliphatic hydroxyl groups is 1. The lowest BCUT2D eigenvalue weighted by Gasteiger charge is -2.55. The van der Waals surface area contributed by atoms with Gasteiger partial charge in [0, 0.05) is 41.2 Å². The zero-order valence-electron chi connectivity index (χ0n) is 40.2. The van der Waals surface area contributed by atoms with Crippen molar-refractivity contribution < 1.29 is 47.0 Å². The van der Waals surface area contributed by atoms with Gasteiger partial charge in [0.15, 0.2) is 25.4 Å². The van der Waals surface area contributed by atoms with Crippen LogP contribution in [0.4, 0.5) is 14.9 Å². The van der Waals surface area contributed by atoms with Crippen LogP contribution in [0, 0.1) is 17.7 Å². The first-order chi connectivity index (χ1) is 30.9. The Bertz CT molecular complexity index is 2600. The van der Waals surface area contributed by atoms with E-state index in [0.717, 1.165) is 11.1 Å². The lowest BCUT2D eigenvalue weighted by Crippen LogP contribution is -2.68. The molecule has 0 spiro atoms. The maximum atomic E-state index is 17.8. The zero-order chi connectivity index (χ0) is 47.9. The molecule has 66 heavy (non-hydrogen) atoms. The fraction of sp³-hybridized carbons (Fsp3) is 0.490. The number of fused-ring (bicyclic) bond motifs is 5. The standard InChI is InChI=1S/C51H63FN4O9Si/c1-48(2,3)63-47(60)56-28-50(7,8)53-25-33-38(52)32-23-31-24-34-40(55(9)10)43-37(46(54-64-43)62-27-30-21-17-14-18-22-30)45(59)51(34,65-66(11,12)49(4,5)6)44(58)35(31)41(57)36(32)42(39(33)56)61-26-29-19-15-13-16-20-29/h13-22,31,34,40,53,57H,23-28H2,1-12H3/t31-,34-,40-,51-/m0/s1. The number of carbonyl (C=O) groups excluding carboxylic acids is 3. The summed E-state index contributed by atoms with van der Waals surface area (Å²) in [5, 5.41) is 20.2. The highest BCUT2D eigenvalue weighted by molar-refractivity contribution is 6.74. The van der Waals surface area contributed by atoms with Crippen LogP contribution in [-0.2, 0) is 40.1 Å². The number of ether oxygens (including phenoxy) is 3. The normalized spacial score (nSPS) is 22.8. The molecule has 4 aromatic rings. The van der Waals surface area contributed by atoms with E-state index < -0.39 is 77.2 Å². The number of benzene rings is 3. The molecule has 1 aromatic heterocycles. The highest BCUT2D eigenvalue weighted by Gasteiger charge is 2.69. The zero-order valence-corrected chi connectivity index (χ0v) is 41.2. The predicted molar refractivity (Wildman–Crippen MR) is 251 cm³/mol. The van der Waals surface area contributed by atoms with Crippen LogP contribution in [0.25, 0.3) is 5.76 Å². The molecule has 2 heterocycles. The molecule has 0 unspecified atom stereocenters. The molecule has 4 atom stereocenters. The number of carbonyl (C=O) groups is 3. The monoisotopic (exact) mass is 922 g/mol. The Labute approximate surface area is 387 Å². The van der Waals surface area contributed by atoms with Crippen molar-refractivity contribution in [2.75, 3.05) is 25.5 Å². The minimum Gasteiger partial charge on any atom is -0.507 e. The molecule has 2 N–H and O–H groups in total. The van der Waals surface area contributed by atoms with E-state index >= 15 is 14.0 Å². The number of Topliss-reactive ketones (excluding diaryl/α,β-unsaturated/α-hetero) is 2.